The third kappa shape index (κ3) is 1.99. The van der Waals surface area contributed by atoms with Crippen molar-refractivity contribution in [3.63, 3.8) is 0 Å². The van der Waals surface area contributed by atoms with Gasteiger partial charge in [-0.15, -0.1) is 0 Å². The van der Waals surface area contributed by atoms with Crippen LogP contribution in [-0.2, 0) is 13.0 Å². The lowest BCUT2D eigenvalue weighted by Gasteiger charge is -1.99. The van der Waals surface area contributed by atoms with Gasteiger partial charge in [0.2, 0.25) is 0 Å². The molecule has 0 spiro atoms. The Kier molecular flexibility index (Phi) is 2.58. The molecule has 0 amide bonds. The molecule has 0 bridgehead atoms. The van der Waals surface area contributed by atoms with E-state index < -0.39 is 0 Å². The van der Waals surface area contributed by atoms with Crippen molar-refractivity contribution >= 4 is 0 Å². The van der Waals surface area contributed by atoms with Crippen LogP contribution in [0.1, 0.15) is 18.1 Å². The fourth-order valence-corrected chi connectivity index (χ4v) is 1.35. The first-order chi connectivity index (χ1) is 6.88. The maximum atomic E-state index is 4.28. The third-order valence-electron chi connectivity index (χ3n) is 2.19. The smallest absolute Gasteiger partial charge is 0.0660 e. The zero-order valence-corrected chi connectivity index (χ0v) is 8.22. The van der Waals surface area contributed by atoms with E-state index in [0.29, 0.717) is 0 Å². The van der Waals surface area contributed by atoms with E-state index in [1.807, 2.05) is 23.0 Å². The van der Waals surface area contributed by atoms with Crippen LogP contribution >= 0.6 is 0 Å². The van der Waals surface area contributed by atoms with Gasteiger partial charge in [-0.1, -0.05) is 6.92 Å². The molecule has 2 aromatic heterocycles. The van der Waals surface area contributed by atoms with Crippen LogP contribution in [0.25, 0.3) is 0 Å². The summed E-state index contributed by atoms with van der Waals surface area (Å²) in [5.41, 5.74) is 2.50. The SMILES string of the molecule is CCc1cnn(Cc2ccncc2)c1. The van der Waals surface area contributed by atoms with Crippen molar-refractivity contribution in [3.05, 3.63) is 48.0 Å². The summed E-state index contributed by atoms with van der Waals surface area (Å²) in [7, 11) is 0. The van der Waals surface area contributed by atoms with Crippen molar-refractivity contribution < 1.29 is 0 Å². The predicted molar refractivity (Wildman–Crippen MR) is 54.9 cm³/mol. The lowest BCUT2D eigenvalue weighted by Crippen LogP contribution is -1.99. The second kappa shape index (κ2) is 4.05. The van der Waals surface area contributed by atoms with E-state index in [1.165, 1.54) is 11.1 Å². The van der Waals surface area contributed by atoms with Crippen LogP contribution in [0, 0.1) is 0 Å². The highest BCUT2D eigenvalue weighted by molar-refractivity contribution is 5.11. The zero-order valence-electron chi connectivity index (χ0n) is 8.22. The Labute approximate surface area is 83.4 Å². The highest BCUT2D eigenvalue weighted by Gasteiger charge is 1.97. The Morgan fingerprint density at radius 1 is 1.21 bits per heavy atom. The van der Waals surface area contributed by atoms with E-state index in [1.54, 1.807) is 12.4 Å². The molecule has 0 fully saturated rings. The van der Waals surface area contributed by atoms with Gasteiger partial charge in [0, 0.05) is 18.6 Å². The average Bonchev–Trinajstić information content (AvgIpc) is 2.67. The van der Waals surface area contributed by atoms with Crippen LogP contribution < -0.4 is 0 Å². The van der Waals surface area contributed by atoms with Gasteiger partial charge in [-0.3, -0.25) is 9.67 Å². The summed E-state index contributed by atoms with van der Waals surface area (Å²) < 4.78 is 1.95. The minimum absolute atomic E-state index is 0.822. The van der Waals surface area contributed by atoms with Gasteiger partial charge in [0.05, 0.1) is 12.7 Å². The van der Waals surface area contributed by atoms with Gasteiger partial charge in [-0.05, 0) is 29.7 Å². The fraction of sp³-hybridized carbons (Fsp3) is 0.273. The summed E-state index contributed by atoms with van der Waals surface area (Å²) in [5, 5.41) is 4.28. The van der Waals surface area contributed by atoms with E-state index in [9.17, 15) is 0 Å². The van der Waals surface area contributed by atoms with E-state index in [0.717, 1.165) is 13.0 Å². The molecule has 14 heavy (non-hydrogen) atoms. The van der Waals surface area contributed by atoms with Crippen LogP contribution in [0.5, 0.6) is 0 Å². The van der Waals surface area contributed by atoms with Crippen LogP contribution in [0.15, 0.2) is 36.9 Å². The summed E-state index contributed by atoms with van der Waals surface area (Å²) in [6.45, 7) is 2.95. The van der Waals surface area contributed by atoms with E-state index in [-0.39, 0.29) is 0 Å². The van der Waals surface area contributed by atoms with Crippen LogP contribution in [0.2, 0.25) is 0 Å². The summed E-state index contributed by atoms with van der Waals surface area (Å²) in [4.78, 5) is 3.98. The predicted octanol–water partition coefficient (Wildman–Crippen LogP) is 1.89. The Hall–Kier alpha value is -1.64. The van der Waals surface area contributed by atoms with Gasteiger partial charge in [-0.25, -0.2) is 0 Å². The summed E-state index contributed by atoms with van der Waals surface area (Å²) in [6.07, 6.45) is 8.65. The lowest BCUT2D eigenvalue weighted by molar-refractivity contribution is 0.685. The molecule has 72 valence electrons. The molecule has 2 aromatic rings. The fourth-order valence-electron chi connectivity index (χ4n) is 1.35. The Balaban J connectivity index is 2.11. The molecule has 0 aliphatic rings. The molecule has 3 heteroatoms. The van der Waals surface area contributed by atoms with Crippen molar-refractivity contribution in [2.24, 2.45) is 0 Å². The molecular weight excluding hydrogens is 174 g/mol. The molecule has 0 saturated heterocycles. The van der Waals surface area contributed by atoms with Crippen LogP contribution in [0.4, 0.5) is 0 Å². The number of pyridine rings is 1. The molecular formula is C11H13N3. The maximum absolute atomic E-state index is 4.28. The van der Waals surface area contributed by atoms with Crippen LogP contribution in [0.3, 0.4) is 0 Å². The third-order valence-corrected chi connectivity index (χ3v) is 2.19. The summed E-state index contributed by atoms with van der Waals surface area (Å²) in [5.74, 6) is 0. The minimum atomic E-state index is 0.822. The molecule has 2 heterocycles. The van der Waals surface area contributed by atoms with Gasteiger partial charge < -0.3 is 0 Å². The molecule has 0 saturated carbocycles. The van der Waals surface area contributed by atoms with Crippen molar-refractivity contribution in [1.29, 1.82) is 0 Å². The standard InChI is InChI=1S/C11H13N3/c1-2-10-7-13-14(8-10)9-11-3-5-12-6-4-11/h3-8H,2,9H2,1H3. The van der Waals surface area contributed by atoms with E-state index in [4.69, 9.17) is 0 Å². The van der Waals surface area contributed by atoms with Crippen LogP contribution in [-0.4, -0.2) is 14.8 Å². The van der Waals surface area contributed by atoms with E-state index in [2.05, 4.69) is 23.2 Å². The van der Waals surface area contributed by atoms with Gasteiger partial charge in [0.25, 0.3) is 0 Å². The van der Waals surface area contributed by atoms with Gasteiger partial charge >= 0.3 is 0 Å². The minimum Gasteiger partial charge on any atom is -0.268 e. The molecule has 0 aliphatic heterocycles. The summed E-state index contributed by atoms with van der Waals surface area (Å²) in [6, 6.07) is 4.01. The Bertz CT molecular complexity index is 392. The molecule has 0 aliphatic carbocycles. The van der Waals surface area contributed by atoms with Crippen molar-refractivity contribution in [2.75, 3.05) is 0 Å². The van der Waals surface area contributed by atoms with Gasteiger partial charge in [0.1, 0.15) is 0 Å². The van der Waals surface area contributed by atoms with Gasteiger partial charge in [-0.2, -0.15) is 5.10 Å². The Morgan fingerprint density at radius 3 is 2.64 bits per heavy atom. The lowest BCUT2D eigenvalue weighted by atomic mass is 10.2. The topological polar surface area (TPSA) is 30.7 Å². The normalized spacial score (nSPS) is 10.4. The molecule has 0 aromatic carbocycles. The Morgan fingerprint density at radius 2 is 2.00 bits per heavy atom. The highest BCUT2D eigenvalue weighted by Crippen LogP contribution is 2.02. The second-order valence-corrected chi connectivity index (χ2v) is 3.26. The van der Waals surface area contributed by atoms with Crippen molar-refractivity contribution in [1.82, 2.24) is 14.8 Å². The monoisotopic (exact) mass is 187 g/mol. The first kappa shape index (κ1) is 8.94. The molecule has 0 unspecified atom stereocenters. The number of nitrogens with zero attached hydrogens (tertiary/aromatic N) is 3. The number of aryl methyl sites for hydroxylation is 1. The first-order valence-corrected chi connectivity index (χ1v) is 4.78. The average molecular weight is 187 g/mol. The number of hydrogen-bond donors (Lipinski definition) is 0. The molecule has 0 atom stereocenters. The quantitative estimate of drug-likeness (QED) is 0.734. The zero-order chi connectivity index (χ0) is 9.80. The number of rotatable bonds is 3. The van der Waals surface area contributed by atoms with E-state index >= 15 is 0 Å². The summed E-state index contributed by atoms with van der Waals surface area (Å²) >= 11 is 0. The largest absolute Gasteiger partial charge is 0.268 e. The van der Waals surface area contributed by atoms with Gasteiger partial charge in [0.15, 0.2) is 0 Å². The second-order valence-electron chi connectivity index (χ2n) is 3.26. The highest BCUT2D eigenvalue weighted by atomic mass is 15.3. The van der Waals surface area contributed by atoms with Crippen molar-refractivity contribution in [3.8, 4) is 0 Å². The molecule has 0 N–H and O–H groups in total. The molecule has 2 rings (SSSR count). The maximum Gasteiger partial charge on any atom is 0.0660 e. The number of aromatic nitrogens is 3. The van der Waals surface area contributed by atoms with Crippen molar-refractivity contribution in [2.45, 2.75) is 19.9 Å². The molecule has 3 nitrogen and oxygen atoms in total. The first-order valence-electron chi connectivity index (χ1n) is 4.78. The molecule has 0 radical (unpaired) electrons. The number of hydrogen-bond acceptors (Lipinski definition) is 2.